The Balaban J connectivity index is 2.05. The lowest BCUT2D eigenvalue weighted by molar-refractivity contribution is -0.138. The first-order valence-electron chi connectivity index (χ1n) is 8.84. The van der Waals surface area contributed by atoms with E-state index >= 15 is 0 Å². The quantitative estimate of drug-likeness (QED) is 0.575. The third-order valence-corrected chi connectivity index (χ3v) is 4.42. The van der Waals surface area contributed by atoms with Crippen LogP contribution in [0, 0.1) is 0 Å². The standard InChI is InChI=1S/C22H28BrNO2/c1-21(2,3)24(20(25)22(4,5)23)15-17-11-13-19(14-12-17)26-16-18-9-7-6-8-10-18/h6-14H,15-16H2,1-5H3. The van der Waals surface area contributed by atoms with E-state index in [1.807, 2.05) is 73.3 Å². The van der Waals surface area contributed by atoms with E-state index in [0.29, 0.717) is 13.2 Å². The molecule has 0 saturated carbocycles. The zero-order chi connectivity index (χ0) is 19.4. The second-order valence-electron chi connectivity index (χ2n) is 7.95. The van der Waals surface area contributed by atoms with Gasteiger partial charge in [0.1, 0.15) is 12.4 Å². The topological polar surface area (TPSA) is 29.5 Å². The second kappa shape index (κ2) is 8.26. The van der Waals surface area contributed by atoms with Crippen LogP contribution in [0.5, 0.6) is 5.75 Å². The Labute approximate surface area is 165 Å². The number of carbonyl (C=O) groups excluding carboxylic acids is 1. The molecular weight excluding hydrogens is 390 g/mol. The molecule has 26 heavy (non-hydrogen) atoms. The van der Waals surface area contributed by atoms with Gasteiger partial charge in [0.15, 0.2) is 0 Å². The van der Waals surface area contributed by atoms with Crippen LogP contribution >= 0.6 is 15.9 Å². The molecular formula is C22H28BrNO2. The largest absolute Gasteiger partial charge is 0.489 e. The van der Waals surface area contributed by atoms with Gasteiger partial charge in [-0.2, -0.15) is 0 Å². The Morgan fingerprint density at radius 1 is 0.923 bits per heavy atom. The number of halogens is 1. The van der Waals surface area contributed by atoms with Gasteiger partial charge < -0.3 is 9.64 Å². The van der Waals surface area contributed by atoms with Gasteiger partial charge in [0.05, 0.1) is 4.32 Å². The Morgan fingerprint density at radius 3 is 2.00 bits per heavy atom. The van der Waals surface area contributed by atoms with Crippen molar-refractivity contribution < 1.29 is 9.53 Å². The van der Waals surface area contributed by atoms with Crippen LogP contribution in [-0.4, -0.2) is 20.7 Å². The average molecular weight is 418 g/mol. The lowest BCUT2D eigenvalue weighted by Crippen LogP contribution is -2.50. The fourth-order valence-electron chi connectivity index (χ4n) is 2.55. The first-order chi connectivity index (χ1) is 12.1. The molecule has 0 fully saturated rings. The van der Waals surface area contributed by atoms with Crippen molar-refractivity contribution in [2.45, 2.75) is 57.6 Å². The smallest absolute Gasteiger partial charge is 0.239 e. The minimum absolute atomic E-state index is 0.0782. The van der Waals surface area contributed by atoms with E-state index in [4.69, 9.17) is 4.74 Å². The predicted octanol–water partition coefficient (Wildman–Crippen LogP) is 5.57. The van der Waals surface area contributed by atoms with Crippen LogP contribution in [0.3, 0.4) is 0 Å². The van der Waals surface area contributed by atoms with E-state index in [-0.39, 0.29) is 11.4 Å². The maximum atomic E-state index is 12.8. The highest BCUT2D eigenvalue weighted by Gasteiger charge is 2.35. The van der Waals surface area contributed by atoms with Crippen LogP contribution in [0.15, 0.2) is 54.6 Å². The zero-order valence-electron chi connectivity index (χ0n) is 16.3. The number of rotatable bonds is 6. The summed E-state index contributed by atoms with van der Waals surface area (Å²) in [7, 11) is 0. The first kappa shape index (κ1) is 20.5. The number of alkyl halides is 1. The molecule has 0 unspecified atom stereocenters. The van der Waals surface area contributed by atoms with Gasteiger partial charge >= 0.3 is 0 Å². The summed E-state index contributed by atoms with van der Waals surface area (Å²) in [5.41, 5.74) is 1.96. The molecule has 0 saturated heterocycles. The lowest BCUT2D eigenvalue weighted by Gasteiger charge is -2.39. The molecule has 140 valence electrons. The molecule has 0 radical (unpaired) electrons. The number of ether oxygens (including phenoxy) is 1. The van der Waals surface area contributed by atoms with Crippen molar-refractivity contribution in [1.29, 1.82) is 0 Å². The second-order valence-corrected chi connectivity index (χ2v) is 9.94. The SMILES string of the molecule is CC(C)(Br)C(=O)N(Cc1ccc(OCc2ccccc2)cc1)C(C)(C)C. The Morgan fingerprint density at radius 2 is 1.50 bits per heavy atom. The monoisotopic (exact) mass is 417 g/mol. The normalized spacial score (nSPS) is 11.9. The van der Waals surface area contributed by atoms with Crippen LogP contribution < -0.4 is 4.74 Å². The molecule has 2 aromatic rings. The molecule has 0 bridgehead atoms. The van der Waals surface area contributed by atoms with Crippen LogP contribution in [0.2, 0.25) is 0 Å². The zero-order valence-corrected chi connectivity index (χ0v) is 17.8. The summed E-state index contributed by atoms with van der Waals surface area (Å²) in [4.78, 5) is 14.7. The Bertz CT molecular complexity index is 713. The summed E-state index contributed by atoms with van der Waals surface area (Å²) < 4.78 is 5.25. The highest BCUT2D eigenvalue weighted by atomic mass is 79.9. The number of amides is 1. The average Bonchev–Trinajstić information content (AvgIpc) is 2.57. The molecule has 0 spiro atoms. The number of hydrogen-bond acceptors (Lipinski definition) is 2. The summed E-state index contributed by atoms with van der Waals surface area (Å²) in [6, 6.07) is 18.1. The molecule has 0 heterocycles. The summed E-state index contributed by atoms with van der Waals surface area (Å²) in [5, 5.41) is 0. The Kier molecular flexibility index (Phi) is 6.51. The third-order valence-electron chi connectivity index (χ3n) is 4.08. The molecule has 0 N–H and O–H groups in total. The highest BCUT2D eigenvalue weighted by Crippen LogP contribution is 2.27. The highest BCUT2D eigenvalue weighted by molar-refractivity contribution is 9.10. The molecule has 0 aliphatic heterocycles. The van der Waals surface area contributed by atoms with Gasteiger partial charge in [-0.15, -0.1) is 0 Å². The van der Waals surface area contributed by atoms with E-state index in [2.05, 4.69) is 36.7 Å². The van der Waals surface area contributed by atoms with Crippen molar-refractivity contribution in [3.63, 3.8) is 0 Å². The predicted molar refractivity (Wildman–Crippen MR) is 111 cm³/mol. The fraction of sp³-hybridized carbons (Fsp3) is 0.409. The lowest BCUT2D eigenvalue weighted by atomic mass is 10.0. The molecule has 4 heteroatoms. The van der Waals surface area contributed by atoms with Gasteiger partial charge in [0.2, 0.25) is 5.91 Å². The third kappa shape index (κ3) is 5.87. The van der Waals surface area contributed by atoms with Gasteiger partial charge in [0, 0.05) is 12.1 Å². The molecule has 3 nitrogen and oxygen atoms in total. The van der Waals surface area contributed by atoms with Crippen molar-refractivity contribution in [1.82, 2.24) is 4.90 Å². The molecule has 0 aliphatic rings. The maximum Gasteiger partial charge on any atom is 0.239 e. The van der Waals surface area contributed by atoms with Gasteiger partial charge in [-0.25, -0.2) is 0 Å². The summed E-state index contributed by atoms with van der Waals surface area (Å²) >= 11 is 3.49. The van der Waals surface area contributed by atoms with Gasteiger partial charge in [-0.3, -0.25) is 4.79 Å². The van der Waals surface area contributed by atoms with Crippen molar-refractivity contribution in [2.24, 2.45) is 0 Å². The van der Waals surface area contributed by atoms with Crippen LogP contribution in [0.4, 0.5) is 0 Å². The minimum atomic E-state index is -0.584. The van der Waals surface area contributed by atoms with E-state index in [9.17, 15) is 4.79 Å². The van der Waals surface area contributed by atoms with E-state index in [1.54, 1.807) is 0 Å². The van der Waals surface area contributed by atoms with Crippen molar-refractivity contribution in [2.75, 3.05) is 0 Å². The van der Waals surface area contributed by atoms with Gasteiger partial charge in [0.25, 0.3) is 0 Å². The fourth-order valence-corrected chi connectivity index (χ4v) is 2.76. The van der Waals surface area contributed by atoms with Crippen LogP contribution in [-0.2, 0) is 17.9 Å². The number of benzene rings is 2. The molecule has 2 rings (SSSR count). The van der Waals surface area contributed by atoms with E-state index < -0.39 is 4.32 Å². The van der Waals surface area contributed by atoms with Crippen molar-refractivity contribution >= 4 is 21.8 Å². The van der Waals surface area contributed by atoms with E-state index in [0.717, 1.165) is 16.9 Å². The molecule has 0 aliphatic carbocycles. The molecule has 0 aromatic heterocycles. The van der Waals surface area contributed by atoms with Crippen LogP contribution in [0.1, 0.15) is 45.7 Å². The number of nitrogens with zero attached hydrogens (tertiary/aromatic N) is 1. The minimum Gasteiger partial charge on any atom is -0.489 e. The Hall–Kier alpha value is -1.81. The maximum absolute atomic E-state index is 12.8. The summed E-state index contributed by atoms with van der Waals surface area (Å²) in [5.74, 6) is 0.904. The number of carbonyl (C=O) groups is 1. The molecule has 1 amide bonds. The summed E-state index contributed by atoms with van der Waals surface area (Å²) in [6.45, 7) is 11.0. The molecule has 2 aromatic carbocycles. The van der Waals surface area contributed by atoms with Crippen LogP contribution in [0.25, 0.3) is 0 Å². The van der Waals surface area contributed by atoms with Gasteiger partial charge in [-0.1, -0.05) is 58.4 Å². The van der Waals surface area contributed by atoms with Gasteiger partial charge in [-0.05, 0) is 57.9 Å². The van der Waals surface area contributed by atoms with E-state index in [1.165, 1.54) is 0 Å². The first-order valence-corrected chi connectivity index (χ1v) is 9.63. The summed E-state index contributed by atoms with van der Waals surface area (Å²) in [6.07, 6.45) is 0. The molecule has 0 atom stereocenters. The number of hydrogen-bond donors (Lipinski definition) is 0. The van der Waals surface area contributed by atoms with Crippen molar-refractivity contribution in [3.8, 4) is 5.75 Å². The van der Waals surface area contributed by atoms with Crippen molar-refractivity contribution in [3.05, 3.63) is 65.7 Å².